The quantitative estimate of drug-likeness (QED) is 0.0442. The first kappa shape index (κ1) is 76.1. The van der Waals surface area contributed by atoms with Crippen molar-refractivity contribution in [1.82, 2.24) is 14.5 Å². The van der Waals surface area contributed by atoms with Gasteiger partial charge in [-0.15, -0.1) is 0 Å². The zero-order chi connectivity index (χ0) is 84.8. The van der Waals surface area contributed by atoms with Crippen LogP contribution in [0.15, 0.2) is 346 Å². The number of rotatable bonds is 15. The Balaban J connectivity index is 0.528. The Bertz CT molecular complexity index is 7960. The summed E-state index contributed by atoms with van der Waals surface area (Å²) in [6, 6.07) is 92.6. The molecule has 0 fully saturated rings. The fraction of sp³-hybridized carbons (Fsp3) is 0.0707. The smallest absolute Gasteiger partial charge is 0.406 e. The molecule has 0 saturated heterocycles. The van der Waals surface area contributed by atoms with Gasteiger partial charge in [0.05, 0.1) is 13.2 Å². The first-order valence-electron chi connectivity index (χ1n) is 41.4. The molecule has 3 aromatic heterocycles. The van der Waals surface area contributed by atoms with Gasteiger partial charge in [0.2, 0.25) is 0 Å². The molecule has 15 aromatic rings. The summed E-state index contributed by atoms with van der Waals surface area (Å²) in [4.78, 5) is 58.3. The number of hydrogen-bond donors (Lipinski definition) is 1. The molecule has 604 valence electrons. The minimum atomic E-state index is -4.82. The third kappa shape index (κ3) is 12.8. The van der Waals surface area contributed by atoms with Crippen molar-refractivity contribution in [2.75, 3.05) is 13.2 Å². The second kappa shape index (κ2) is 30.1. The summed E-state index contributed by atoms with van der Waals surface area (Å²) in [5, 5.41) is 14.5. The average molecular weight is 1720 g/mol. The predicted molar refractivity (Wildman–Crippen MR) is 496 cm³/mol. The summed E-state index contributed by atoms with van der Waals surface area (Å²) in [5.41, 5.74) is 13.9. The molecule has 2 unspecified atom stereocenters. The SMILES string of the molecule is CC1(C)c2cc(C#CCCOP(=O)(Oc3ccccc3)[O][Al]3[N]4C(=N)c5ccccc5C4=NC4=N/C(=N\c5c6ccccc6c(/N=C6\N=Cc7ccccc76)[n]53)c3ccccc34)ccc2-c2ccc(C#CCCOP(=O)(Oc3ccccc3)[O][Al]3[n]4c5c6ccccc6c4N=C4N=C(N=c6c7ccccc7c([n]63)=NC3=NC(=N5)c5ccccc53)c3ccccc34)cc21. The molecule has 12 aromatic carbocycles. The van der Waals surface area contributed by atoms with Crippen LogP contribution in [0.4, 0.5) is 23.3 Å². The van der Waals surface area contributed by atoms with E-state index >= 15 is 9.13 Å². The highest BCUT2D eigenvalue weighted by atomic mass is 31.2. The van der Waals surface area contributed by atoms with E-state index in [0.29, 0.717) is 103 Å². The molecule has 8 bridgehead atoms. The van der Waals surface area contributed by atoms with Crippen LogP contribution in [0.2, 0.25) is 0 Å². The molecule has 24 rings (SSSR count). The number of nitrogens with one attached hydrogen (secondary N) is 1. The van der Waals surface area contributed by atoms with Crippen LogP contribution in [-0.4, -0.2) is 116 Å². The molecular formula is C99H64Al2N16O8P2. The average Bonchev–Trinajstić information content (AvgIpc) is 1.41. The van der Waals surface area contributed by atoms with E-state index < -0.39 is 50.9 Å². The molecule has 9 aliphatic rings. The molecular weight excluding hydrogens is 1660 g/mol. The van der Waals surface area contributed by atoms with Gasteiger partial charge in [-0.2, -0.15) is 0 Å². The molecule has 2 atom stereocenters. The zero-order valence-corrected chi connectivity index (χ0v) is 71.7. The number of phosphoric ester groups is 2. The molecule has 28 heteroatoms. The van der Waals surface area contributed by atoms with Crippen LogP contribution in [0.1, 0.15) is 105 Å². The minimum absolute atomic E-state index is 0.0424. The van der Waals surface area contributed by atoms with Gasteiger partial charge in [-0.25, -0.2) is 64.0 Å². The van der Waals surface area contributed by atoms with Crippen LogP contribution in [0.5, 0.6) is 11.5 Å². The van der Waals surface area contributed by atoms with E-state index in [1.165, 1.54) is 0 Å². The van der Waals surface area contributed by atoms with Gasteiger partial charge in [-0.3, -0.25) is 14.5 Å². The number of hydrogen-bond acceptors (Lipinski definition) is 19. The van der Waals surface area contributed by atoms with Crippen molar-refractivity contribution in [3.63, 3.8) is 0 Å². The fourth-order valence-corrected chi connectivity index (χ4v) is 27.2. The lowest BCUT2D eigenvalue weighted by Crippen LogP contribution is -2.51. The second-order valence-corrected chi connectivity index (χ2v) is 39.4. The van der Waals surface area contributed by atoms with Gasteiger partial charge in [0, 0.05) is 124 Å². The van der Waals surface area contributed by atoms with Gasteiger partial charge < -0.3 is 30.7 Å². The van der Waals surface area contributed by atoms with Crippen LogP contribution in [-0.2, 0) is 30.7 Å². The molecule has 24 nitrogen and oxygen atoms in total. The Hall–Kier alpha value is -14.6. The number of phosphoric acid groups is 2. The monoisotopic (exact) mass is 1720 g/mol. The standard InChI is InChI=1S/C35H32O8P2.C32H16N8.C32H18N8.2Al/c1-35(2)33-25-27(13-9-11-23-40-44(36,37)42-29-15-5-3-6-16-29)19-21-31(33)32-22-20-28(26-34(32)35)14-10-12-24-41-45(38,39)43-30-17-7-4-8-18-30;1-2-10-18-17(9-1)25-33-26(18)38-28-21-13-5-6-14-22(21)30(35-28)40-32-24-16-8-7-15-23(24)31(36-32)39-29-20-12-4-3-11-19(20)27(34-29)37-25;33-26-20-11-3-4-12-21(20)28(35-26)37-30-24-15-7-8-16-25(24)32(39-30)40-31-23-14-6-5-13-22(23)29(38-31)36-27-19-10-2-1-9-18(19)17-34-27;;/h3-8,15-22,25-26H,11-12,23-24H2,1-2H3,(H,36,37)(H,38,39);1-16H;1-17H,(H-,33,35,37,39,40);;/q;2*-2;2*+3/p-2/b;;36-27-;;. The minimum Gasteiger partial charge on any atom is -0.406 e. The number of aromatic nitrogens is 3. The number of aliphatic imine (C=N–C) groups is 9. The topological polar surface area (TPSA) is 267 Å². The van der Waals surface area contributed by atoms with Gasteiger partial charge in [-0.1, -0.05) is 280 Å². The van der Waals surface area contributed by atoms with Gasteiger partial charge in [0.1, 0.15) is 57.4 Å². The van der Waals surface area contributed by atoms with Gasteiger partial charge in [0.15, 0.2) is 40.8 Å². The van der Waals surface area contributed by atoms with Crippen molar-refractivity contribution < 1.29 is 34.4 Å². The lowest BCUT2D eigenvalue weighted by Gasteiger charge is -2.30. The Morgan fingerprint density at radius 1 is 0.386 bits per heavy atom. The van der Waals surface area contributed by atoms with Crippen LogP contribution in [0.25, 0.3) is 43.4 Å². The van der Waals surface area contributed by atoms with Crippen molar-refractivity contribution in [1.29, 1.82) is 5.41 Å². The van der Waals surface area contributed by atoms with Crippen molar-refractivity contribution in [2.24, 2.45) is 54.9 Å². The molecule has 0 spiro atoms. The predicted octanol–water partition coefficient (Wildman–Crippen LogP) is 18.8. The highest BCUT2D eigenvalue weighted by molar-refractivity contribution is 7.50. The van der Waals surface area contributed by atoms with E-state index in [4.69, 9.17) is 80.2 Å². The number of nitrogens with zero attached hydrogens (tertiary/aromatic N) is 15. The van der Waals surface area contributed by atoms with Crippen LogP contribution in [0, 0.1) is 29.1 Å². The summed E-state index contributed by atoms with van der Waals surface area (Å²) < 4.78 is 81.4. The third-order valence-electron chi connectivity index (χ3n) is 23.7. The highest BCUT2D eigenvalue weighted by Crippen LogP contribution is 2.56. The number of fused-ring (bicyclic) bond motifs is 28. The Kier molecular flexibility index (Phi) is 18.1. The van der Waals surface area contributed by atoms with Gasteiger partial charge >= 0.3 is 45.5 Å². The van der Waals surface area contributed by atoms with E-state index in [1.54, 1.807) is 58.6 Å². The molecule has 1 N–H and O–H groups in total. The van der Waals surface area contributed by atoms with Crippen LogP contribution < -0.4 is 20.0 Å². The van der Waals surface area contributed by atoms with Crippen molar-refractivity contribution in [3.8, 4) is 46.3 Å². The summed E-state index contributed by atoms with van der Waals surface area (Å²) >= 11 is -7.72. The normalized spacial score (nSPS) is 16.7. The largest absolute Gasteiger partial charge is 0.819 e. The fourth-order valence-electron chi connectivity index (χ4n) is 17.9. The second-order valence-electron chi connectivity index (χ2n) is 31.6. The van der Waals surface area contributed by atoms with E-state index in [9.17, 15) is 5.41 Å². The van der Waals surface area contributed by atoms with E-state index in [2.05, 4.69) is 61.8 Å². The zero-order valence-electron chi connectivity index (χ0n) is 67.6. The van der Waals surface area contributed by atoms with Crippen LogP contribution >= 0.6 is 15.6 Å². The van der Waals surface area contributed by atoms with Crippen molar-refractivity contribution in [2.45, 2.75) is 32.1 Å². The number of amidine groups is 9. The maximum Gasteiger partial charge on any atom is 0.819 e. The van der Waals surface area contributed by atoms with E-state index in [0.717, 1.165) is 99.4 Å². The lowest BCUT2D eigenvalue weighted by molar-refractivity contribution is 0.209. The molecule has 8 aliphatic heterocycles. The Morgan fingerprint density at radius 3 is 1.28 bits per heavy atom. The van der Waals surface area contributed by atoms with Gasteiger partial charge in [-0.05, 0) is 70.8 Å². The molecule has 0 amide bonds. The molecule has 0 saturated carbocycles. The number of para-hydroxylation sites is 2. The molecule has 0 radical (unpaired) electrons. The summed E-state index contributed by atoms with van der Waals surface area (Å²) in [5.74, 6) is 19.0. The molecule has 11 heterocycles. The maximum absolute atomic E-state index is 16.5. The summed E-state index contributed by atoms with van der Waals surface area (Å²) in [6.07, 6.45) is 2.02. The summed E-state index contributed by atoms with van der Waals surface area (Å²) in [7, 11) is -9.60. The molecule has 1 aliphatic carbocycles. The lowest BCUT2D eigenvalue weighted by atomic mass is 9.81. The first-order valence-corrected chi connectivity index (χ1v) is 47.3. The van der Waals surface area contributed by atoms with E-state index in [1.807, 2.05) is 229 Å². The van der Waals surface area contributed by atoms with Gasteiger partial charge in [0.25, 0.3) is 0 Å². The first-order chi connectivity index (χ1) is 62.3. The number of benzene rings is 12. The Morgan fingerprint density at radius 2 is 0.780 bits per heavy atom. The Labute approximate surface area is 735 Å². The third-order valence-corrected chi connectivity index (χ3v) is 32.9. The highest BCUT2D eigenvalue weighted by Gasteiger charge is 2.56. The maximum atomic E-state index is 16.5. The molecule has 127 heavy (non-hydrogen) atoms. The van der Waals surface area contributed by atoms with Crippen molar-refractivity contribution >= 4 is 160 Å². The van der Waals surface area contributed by atoms with E-state index in [-0.39, 0.29) is 43.4 Å². The van der Waals surface area contributed by atoms with Crippen molar-refractivity contribution in [3.05, 3.63) is 380 Å². The van der Waals surface area contributed by atoms with Crippen LogP contribution in [0.3, 0.4) is 0 Å². The summed E-state index contributed by atoms with van der Waals surface area (Å²) in [6.45, 7) is 4.03.